The van der Waals surface area contributed by atoms with Crippen molar-refractivity contribution in [3.05, 3.63) is 63.9 Å². The van der Waals surface area contributed by atoms with Crippen LogP contribution in [-0.4, -0.2) is 4.98 Å². The van der Waals surface area contributed by atoms with Crippen LogP contribution in [0.25, 0.3) is 21.8 Å². The quantitative estimate of drug-likeness (QED) is 0.600. The van der Waals surface area contributed by atoms with Gasteiger partial charge in [0, 0.05) is 21.0 Å². The van der Waals surface area contributed by atoms with E-state index < -0.39 is 0 Å². The average molecular weight is 330 g/mol. The van der Waals surface area contributed by atoms with Gasteiger partial charge in [-0.1, -0.05) is 58.4 Å². The maximum absolute atomic E-state index is 4.76. The molecule has 94 valence electrons. The fourth-order valence-corrected chi connectivity index (χ4v) is 3.40. The normalized spacial score (nSPS) is 10.6. The Morgan fingerprint density at radius 1 is 0.947 bits per heavy atom. The molecular weight excluding hydrogens is 318 g/mol. The van der Waals surface area contributed by atoms with Crippen LogP contribution < -0.4 is 0 Å². The van der Waals surface area contributed by atoms with Crippen molar-refractivity contribution in [3.63, 3.8) is 0 Å². The van der Waals surface area contributed by atoms with E-state index in [4.69, 9.17) is 4.98 Å². The van der Waals surface area contributed by atoms with Gasteiger partial charge in [0.05, 0.1) is 5.69 Å². The molecule has 3 rings (SSSR count). The summed E-state index contributed by atoms with van der Waals surface area (Å²) in [5, 5.41) is 3.19. The highest BCUT2D eigenvalue weighted by Crippen LogP contribution is 2.33. The van der Waals surface area contributed by atoms with Crippen LogP contribution >= 0.6 is 27.3 Å². The molecule has 0 saturated carbocycles. The summed E-state index contributed by atoms with van der Waals surface area (Å²) in [7, 11) is 0. The van der Waals surface area contributed by atoms with Crippen molar-refractivity contribution in [2.75, 3.05) is 0 Å². The Morgan fingerprint density at radius 2 is 1.63 bits per heavy atom. The number of nitrogens with zero attached hydrogens (tertiary/aromatic N) is 1. The number of rotatable bonds is 2. The molecule has 19 heavy (non-hydrogen) atoms. The van der Waals surface area contributed by atoms with Crippen LogP contribution in [0.3, 0.4) is 0 Å². The van der Waals surface area contributed by atoms with E-state index in [1.54, 1.807) is 11.3 Å². The summed E-state index contributed by atoms with van der Waals surface area (Å²) in [6, 6.07) is 16.5. The Hall–Kier alpha value is -1.45. The highest BCUT2D eigenvalue weighted by molar-refractivity contribution is 9.10. The second kappa shape index (κ2) is 5.27. The van der Waals surface area contributed by atoms with Crippen molar-refractivity contribution in [2.24, 2.45) is 0 Å². The predicted molar refractivity (Wildman–Crippen MR) is 85.4 cm³/mol. The SMILES string of the molecule is Cc1ccccc1-c1nc(-c2ccccc2Br)cs1. The van der Waals surface area contributed by atoms with Crippen LogP contribution in [0.1, 0.15) is 5.56 Å². The van der Waals surface area contributed by atoms with E-state index in [0.717, 1.165) is 20.7 Å². The Labute approximate surface area is 125 Å². The molecule has 0 unspecified atom stereocenters. The van der Waals surface area contributed by atoms with E-state index in [0.29, 0.717) is 0 Å². The summed E-state index contributed by atoms with van der Waals surface area (Å²) in [6.07, 6.45) is 0. The molecule has 0 atom stereocenters. The molecule has 0 N–H and O–H groups in total. The lowest BCUT2D eigenvalue weighted by Crippen LogP contribution is -1.83. The molecule has 0 amide bonds. The topological polar surface area (TPSA) is 12.9 Å². The molecule has 0 fully saturated rings. The molecular formula is C16H12BrNS. The van der Waals surface area contributed by atoms with Gasteiger partial charge in [-0.3, -0.25) is 0 Å². The Balaban J connectivity index is 2.06. The molecule has 1 heterocycles. The molecule has 1 nitrogen and oxygen atoms in total. The molecule has 0 radical (unpaired) electrons. The van der Waals surface area contributed by atoms with Gasteiger partial charge in [-0.2, -0.15) is 0 Å². The Bertz CT molecular complexity index is 658. The molecule has 2 aromatic carbocycles. The Kier molecular flexibility index (Phi) is 3.49. The summed E-state index contributed by atoms with van der Waals surface area (Å²) in [5.74, 6) is 0. The van der Waals surface area contributed by atoms with E-state index in [9.17, 15) is 0 Å². The predicted octanol–water partition coefficient (Wildman–Crippen LogP) is 5.55. The van der Waals surface area contributed by atoms with Crippen molar-refractivity contribution >= 4 is 27.3 Å². The molecule has 0 spiro atoms. The van der Waals surface area contributed by atoms with Gasteiger partial charge in [0.25, 0.3) is 0 Å². The molecule has 0 bridgehead atoms. The van der Waals surface area contributed by atoms with E-state index in [-0.39, 0.29) is 0 Å². The lowest BCUT2D eigenvalue weighted by Gasteiger charge is -2.01. The van der Waals surface area contributed by atoms with Crippen LogP contribution in [0.4, 0.5) is 0 Å². The van der Waals surface area contributed by atoms with Gasteiger partial charge in [0.15, 0.2) is 0 Å². The zero-order chi connectivity index (χ0) is 13.2. The van der Waals surface area contributed by atoms with Crippen LogP contribution in [0.2, 0.25) is 0 Å². The van der Waals surface area contributed by atoms with Crippen molar-refractivity contribution < 1.29 is 0 Å². The summed E-state index contributed by atoms with van der Waals surface area (Å²) in [4.78, 5) is 4.76. The largest absolute Gasteiger partial charge is 0.236 e. The van der Waals surface area contributed by atoms with E-state index in [2.05, 4.69) is 58.6 Å². The third kappa shape index (κ3) is 2.48. The first-order valence-corrected chi connectivity index (χ1v) is 7.69. The van der Waals surface area contributed by atoms with Gasteiger partial charge in [-0.15, -0.1) is 11.3 Å². The third-order valence-electron chi connectivity index (χ3n) is 3.03. The maximum Gasteiger partial charge on any atom is 0.124 e. The summed E-state index contributed by atoms with van der Waals surface area (Å²) in [5.41, 5.74) is 4.63. The van der Waals surface area contributed by atoms with Crippen molar-refractivity contribution in [1.29, 1.82) is 0 Å². The summed E-state index contributed by atoms with van der Waals surface area (Å²) < 4.78 is 1.08. The highest BCUT2D eigenvalue weighted by atomic mass is 79.9. The first-order valence-electron chi connectivity index (χ1n) is 6.02. The van der Waals surface area contributed by atoms with E-state index in [1.165, 1.54) is 11.1 Å². The van der Waals surface area contributed by atoms with E-state index in [1.807, 2.05) is 18.2 Å². The number of aryl methyl sites for hydroxylation is 1. The average Bonchev–Trinajstić information content (AvgIpc) is 2.89. The van der Waals surface area contributed by atoms with Crippen LogP contribution in [0.15, 0.2) is 58.4 Å². The molecule has 0 saturated heterocycles. The third-order valence-corrected chi connectivity index (χ3v) is 4.60. The standard InChI is InChI=1S/C16H12BrNS/c1-11-6-2-3-7-12(11)16-18-15(10-19-16)13-8-4-5-9-14(13)17/h2-10H,1H3. The Morgan fingerprint density at radius 3 is 2.37 bits per heavy atom. The molecule has 3 aromatic rings. The minimum Gasteiger partial charge on any atom is -0.236 e. The number of halogens is 1. The number of benzene rings is 2. The molecule has 0 aliphatic carbocycles. The van der Waals surface area contributed by atoms with E-state index >= 15 is 0 Å². The van der Waals surface area contributed by atoms with Crippen molar-refractivity contribution in [3.8, 4) is 21.8 Å². The van der Waals surface area contributed by atoms with Gasteiger partial charge in [-0.25, -0.2) is 4.98 Å². The lowest BCUT2D eigenvalue weighted by molar-refractivity contribution is 1.37. The highest BCUT2D eigenvalue weighted by Gasteiger charge is 2.09. The van der Waals surface area contributed by atoms with Gasteiger partial charge in [0.1, 0.15) is 5.01 Å². The lowest BCUT2D eigenvalue weighted by atomic mass is 10.1. The summed E-state index contributed by atoms with van der Waals surface area (Å²) >= 11 is 5.27. The first kappa shape index (κ1) is 12.6. The zero-order valence-corrected chi connectivity index (χ0v) is 12.8. The fraction of sp³-hybridized carbons (Fsp3) is 0.0625. The molecule has 0 aliphatic heterocycles. The second-order valence-electron chi connectivity index (χ2n) is 4.33. The number of hydrogen-bond acceptors (Lipinski definition) is 2. The molecule has 1 aromatic heterocycles. The zero-order valence-electron chi connectivity index (χ0n) is 10.4. The van der Waals surface area contributed by atoms with Gasteiger partial charge in [-0.05, 0) is 18.6 Å². The van der Waals surface area contributed by atoms with Crippen LogP contribution in [0, 0.1) is 6.92 Å². The summed E-state index contributed by atoms with van der Waals surface area (Å²) in [6.45, 7) is 2.12. The first-order chi connectivity index (χ1) is 9.25. The van der Waals surface area contributed by atoms with Crippen molar-refractivity contribution in [2.45, 2.75) is 6.92 Å². The smallest absolute Gasteiger partial charge is 0.124 e. The van der Waals surface area contributed by atoms with Crippen LogP contribution in [0.5, 0.6) is 0 Å². The van der Waals surface area contributed by atoms with Gasteiger partial charge < -0.3 is 0 Å². The van der Waals surface area contributed by atoms with Crippen LogP contribution in [-0.2, 0) is 0 Å². The number of thiazole rings is 1. The monoisotopic (exact) mass is 329 g/mol. The maximum atomic E-state index is 4.76. The molecule has 3 heteroatoms. The number of hydrogen-bond donors (Lipinski definition) is 0. The number of aromatic nitrogens is 1. The fourth-order valence-electron chi connectivity index (χ4n) is 2.00. The molecule has 0 aliphatic rings. The van der Waals surface area contributed by atoms with Crippen molar-refractivity contribution in [1.82, 2.24) is 4.98 Å². The second-order valence-corrected chi connectivity index (χ2v) is 6.05. The van der Waals surface area contributed by atoms with Gasteiger partial charge >= 0.3 is 0 Å². The minimum absolute atomic E-state index is 1.02. The minimum atomic E-state index is 1.02. The van der Waals surface area contributed by atoms with Gasteiger partial charge in [0.2, 0.25) is 0 Å².